The Bertz CT molecular complexity index is 732. The Labute approximate surface area is 152 Å². The first-order valence-corrected chi connectivity index (χ1v) is 9.09. The Balaban J connectivity index is 1.51. The van der Waals surface area contributed by atoms with Crippen LogP contribution in [0.2, 0.25) is 0 Å². The third kappa shape index (κ3) is 2.76. The molecule has 0 aromatic heterocycles. The van der Waals surface area contributed by atoms with Crippen LogP contribution in [0, 0.1) is 5.41 Å². The van der Waals surface area contributed by atoms with Crippen molar-refractivity contribution >= 4 is 17.7 Å². The summed E-state index contributed by atoms with van der Waals surface area (Å²) in [5.74, 6) is -0.0207. The third-order valence-electron chi connectivity index (χ3n) is 5.79. The summed E-state index contributed by atoms with van der Waals surface area (Å²) >= 11 is 0. The molecule has 3 aliphatic rings. The summed E-state index contributed by atoms with van der Waals surface area (Å²) < 4.78 is 0. The van der Waals surface area contributed by atoms with Crippen molar-refractivity contribution in [3.8, 4) is 0 Å². The maximum Gasteiger partial charge on any atom is 0.247 e. The molecule has 1 atom stereocenters. The molecule has 0 saturated carbocycles. The molecule has 0 radical (unpaired) electrons. The Morgan fingerprint density at radius 3 is 2.58 bits per heavy atom. The van der Waals surface area contributed by atoms with Crippen LogP contribution in [0.15, 0.2) is 30.3 Å². The summed E-state index contributed by atoms with van der Waals surface area (Å²) in [4.78, 5) is 42.9. The van der Waals surface area contributed by atoms with E-state index >= 15 is 0 Å². The van der Waals surface area contributed by atoms with Crippen LogP contribution in [-0.4, -0.2) is 84.8 Å². The number of piperazine rings is 2. The first-order chi connectivity index (χ1) is 12.5. The van der Waals surface area contributed by atoms with E-state index in [4.69, 9.17) is 0 Å². The summed E-state index contributed by atoms with van der Waals surface area (Å²) in [5, 5.41) is 3.23. The molecule has 7 heteroatoms. The van der Waals surface area contributed by atoms with E-state index in [0.29, 0.717) is 39.1 Å². The molecule has 7 nitrogen and oxygen atoms in total. The van der Waals surface area contributed by atoms with Gasteiger partial charge in [0.25, 0.3) is 0 Å². The standard InChI is InChI=1S/C19H24N4O3/c1-21-11-16(24)23-8-7-22(10-15(23)17(21)25)18(26)19(12-20-13-19)9-14-5-3-2-4-6-14/h2-6,15,20H,7-13H2,1H3. The Morgan fingerprint density at radius 2 is 1.92 bits per heavy atom. The topological polar surface area (TPSA) is 73.0 Å². The molecule has 0 aliphatic carbocycles. The minimum atomic E-state index is -0.541. The lowest BCUT2D eigenvalue weighted by atomic mass is 9.74. The number of likely N-dealkylation sites (N-methyl/N-ethyl adjacent to an activating group) is 1. The van der Waals surface area contributed by atoms with Gasteiger partial charge in [-0.15, -0.1) is 0 Å². The minimum absolute atomic E-state index is 0.0338. The van der Waals surface area contributed by atoms with Crippen molar-refractivity contribution < 1.29 is 14.4 Å². The number of rotatable bonds is 3. The van der Waals surface area contributed by atoms with E-state index in [1.165, 1.54) is 4.90 Å². The number of hydrogen-bond acceptors (Lipinski definition) is 4. The molecule has 138 valence electrons. The van der Waals surface area contributed by atoms with Crippen LogP contribution in [0.4, 0.5) is 0 Å². The predicted octanol–water partition coefficient (Wildman–Crippen LogP) is -0.670. The predicted molar refractivity (Wildman–Crippen MR) is 95.2 cm³/mol. The molecule has 3 saturated heterocycles. The largest absolute Gasteiger partial charge is 0.338 e. The van der Waals surface area contributed by atoms with Crippen LogP contribution >= 0.6 is 0 Å². The normalized spacial score (nSPS) is 25.0. The van der Waals surface area contributed by atoms with Crippen molar-refractivity contribution in [1.29, 1.82) is 0 Å². The van der Waals surface area contributed by atoms with Gasteiger partial charge in [0, 0.05) is 33.2 Å². The van der Waals surface area contributed by atoms with Crippen molar-refractivity contribution in [2.75, 3.05) is 46.3 Å². The lowest BCUT2D eigenvalue weighted by Crippen LogP contribution is -2.70. The van der Waals surface area contributed by atoms with Crippen LogP contribution in [0.1, 0.15) is 5.56 Å². The molecule has 0 spiro atoms. The number of amides is 3. The van der Waals surface area contributed by atoms with Gasteiger partial charge in [-0.2, -0.15) is 0 Å². The third-order valence-corrected chi connectivity index (χ3v) is 5.79. The molecule has 0 bridgehead atoms. The van der Waals surface area contributed by atoms with Gasteiger partial charge in [0.1, 0.15) is 6.04 Å². The molecule has 4 rings (SSSR count). The van der Waals surface area contributed by atoms with Crippen molar-refractivity contribution in [3.05, 3.63) is 35.9 Å². The molecular weight excluding hydrogens is 332 g/mol. The Hall–Kier alpha value is -2.41. The summed E-state index contributed by atoms with van der Waals surface area (Å²) in [6.45, 7) is 2.66. The maximum atomic E-state index is 13.3. The van der Waals surface area contributed by atoms with Crippen LogP contribution in [-0.2, 0) is 20.8 Å². The van der Waals surface area contributed by atoms with Gasteiger partial charge >= 0.3 is 0 Å². The lowest BCUT2D eigenvalue weighted by Gasteiger charge is -2.49. The summed E-state index contributed by atoms with van der Waals surface area (Å²) in [5.41, 5.74) is 0.696. The molecule has 1 N–H and O–H groups in total. The van der Waals surface area contributed by atoms with Gasteiger partial charge < -0.3 is 20.0 Å². The molecule has 26 heavy (non-hydrogen) atoms. The van der Waals surface area contributed by atoms with Gasteiger partial charge in [-0.1, -0.05) is 30.3 Å². The van der Waals surface area contributed by atoms with Crippen LogP contribution < -0.4 is 5.32 Å². The molecule has 1 aromatic carbocycles. The number of nitrogens with one attached hydrogen (secondary N) is 1. The van der Waals surface area contributed by atoms with Gasteiger partial charge in [-0.25, -0.2) is 0 Å². The van der Waals surface area contributed by atoms with Crippen LogP contribution in [0.5, 0.6) is 0 Å². The van der Waals surface area contributed by atoms with Crippen molar-refractivity contribution in [2.24, 2.45) is 5.41 Å². The highest BCUT2D eigenvalue weighted by molar-refractivity contribution is 5.96. The molecule has 3 amide bonds. The number of hydrogen-bond donors (Lipinski definition) is 1. The SMILES string of the molecule is CN1CC(=O)N2CCN(C(=O)C3(Cc4ccccc4)CNC3)CC2C1=O. The Morgan fingerprint density at radius 1 is 1.19 bits per heavy atom. The van der Waals surface area contributed by atoms with Crippen LogP contribution in [0.25, 0.3) is 0 Å². The second-order valence-corrected chi connectivity index (χ2v) is 7.59. The first-order valence-electron chi connectivity index (χ1n) is 9.09. The highest BCUT2D eigenvalue weighted by Gasteiger charge is 2.49. The number of fused-ring (bicyclic) bond motifs is 1. The van der Waals surface area contributed by atoms with E-state index < -0.39 is 11.5 Å². The van der Waals surface area contributed by atoms with Gasteiger partial charge in [0.2, 0.25) is 17.7 Å². The number of benzene rings is 1. The lowest BCUT2D eigenvalue weighted by molar-refractivity contribution is -0.163. The van der Waals surface area contributed by atoms with E-state index in [1.54, 1.807) is 16.8 Å². The summed E-state index contributed by atoms with van der Waals surface area (Å²) in [6, 6.07) is 9.49. The summed E-state index contributed by atoms with van der Waals surface area (Å²) in [7, 11) is 1.64. The minimum Gasteiger partial charge on any atom is -0.338 e. The summed E-state index contributed by atoms with van der Waals surface area (Å²) in [6.07, 6.45) is 0.692. The fourth-order valence-corrected chi connectivity index (χ4v) is 4.20. The fraction of sp³-hybridized carbons (Fsp3) is 0.526. The maximum absolute atomic E-state index is 13.3. The van der Waals surface area contributed by atoms with E-state index in [2.05, 4.69) is 5.32 Å². The molecule has 3 heterocycles. The second-order valence-electron chi connectivity index (χ2n) is 7.59. The highest BCUT2D eigenvalue weighted by Crippen LogP contribution is 2.31. The van der Waals surface area contributed by atoms with E-state index in [0.717, 1.165) is 5.56 Å². The highest BCUT2D eigenvalue weighted by atomic mass is 16.2. The zero-order chi connectivity index (χ0) is 18.3. The zero-order valence-electron chi connectivity index (χ0n) is 15.0. The average molecular weight is 356 g/mol. The van der Waals surface area contributed by atoms with Crippen molar-refractivity contribution in [3.63, 3.8) is 0 Å². The zero-order valence-corrected chi connectivity index (χ0v) is 15.0. The monoisotopic (exact) mass is 356 g/mol. The van der Waals surface area contributed by atoms with Gasteiger partial charge in [-0.3, -0.25) is 14.4 Å². The molecule has 1 unspecified atom stereocenters. The van der Waals surface area contributed by atoms with Crippen molar-refractivity contribution in [2.45, 2.75) is 12.5 Å². The second kappa shape index (κ2) is 6.39. The average Bonchev–Trinajstić information content (AvgIpc) is 2.63. The molecule has 1 aromatic rings. The molecule has 3 aliphatic heterocycles. The molecule has 3 fully saturated rings. The van der Waals surface area contributed by atoms with Crippen molar-refractivity contribution in [1.82, 2.24) is 20.0 Å². The van der Waals surface area contributed by atoms with Gasteiger partial charge in [0.15, 0.2) is 0 Å². The van der Waals surface area contributed by atoms with Gasteiger partial charge in [-0.05, 0) is 12.0 Å². The first kappa shape index (κ1) is 17.0. The van der Waals surface area contributed by atoms with E-state index in [9.17, 15) is 14.4 Å². The van der Waals surface area contributed by atoms with Crippen LogP contribution in [0.3, 0.4) is 0 Å². The van der Waals surface area contributed by atoms with Gasteiger partial charge in [0.05, 0.1) is 18.5 Å². The number of carbonyl (C=O) groups excluding carboxylic acids is 3. The molecular formula is C19H24N4O3. The number of carbonyl (C=O) groups is 3. The number of nitrogens with zero attached hydrogens (tertiary/aromatic N) is 3. The van der Waals surface area contributed by atoms with E-state index in [-0.39, 0.29) is 24.3 Å². The fourth-order valence-electron chi connectivity index (χ4n) is 4.20. The quantitative estimate of drug-likeness (QED) is 0.780. The smallest absolute Gasteiger partial charge is 0.247 e. The van der Waals surface area contributed by atoms with E-state index in [1.807, 2.05) is 30.3 Å². The Kier molecular flexibility index (Phi) is 4.19.